The van der Waals surface area contributed by atoms with Crippen LogP contribution in [0.4, 0.5) is 0 Å². The fourth-order valence-corrected chi connectivity index (χ4v) is 3.53. The van der Waals surface area contributed by atoms with E-state index in [-0.39, 0.29) is 23.0 Å². The van der Waals surface area contributed by atoms with Crippen LogP contribution in [0.2, 0.25) is 0 Å². The van der Waals surface area contributed by atoms with Gasteiger partial charge in [0, 0.05) is 17.8 Å². The van der Waals surface area contributed by atoms with Crippen LogP contribution in [-0.2, 0) is 6.54 Å². The van der Waals surface area contributed by atoms with Crippen LogP contribution >= 0.6 is 11.8 Å². The third-order valence-corrected chi connectivity index (χ3v) is 4.84. The van der Waals surface area contributed by atoms with E-state index >= 15 is 0 Å². The molecule has 0 spiro atoms. The van der Waals surface area contributed by atoms with Gasteiger partial charge in [-0.1, -0.05) is 25.1 Å². The van der Waals surface area contributed by atoms with Crippen LogP contribution < -0.4 is 5.69 Å². The first-order chi connectivity index (χ1) is 11.4. The molecule has 0 bridgehead atoms. The van der Waals surface area contributed by atoms with Gasteiger partial charge in [0.1, 0.15) is 0 Å². The van der Waals surface area contributed by atoms with Crippen molar-refractivity contribution in [2.24, 2.45) is 0 Å². The Morgan fingerprint density at radius 2 is 2.00 bits per heavy atom. The molecule has 0 aliphatic rings. The minimum Gasteiger partial charge on any atom is -0.355 e. The van der Waals surface area contributed by atoms with E-state index in [0.29, 0.717) is 34.2 Å². The van der Waals surface area contributed by atoms with E-state index in [1.54, 1.807) is 18.4 Å². The van der Waals surface area contributed by atoms with Crippen LogP contribution in [-0.4, -0.2) is 37.1 Å². The molecule has 7 nitrogen and oxygen atoms in total. The molecule has 0 atom stereocenters. The number of hydrogen-bond acceptors (Lipinski definition) is 5. The molecule has 0 radical (unpaired) electrons. The minimum absolute atomic E-state index is 0.0614. The lowest BCUT2D eigenvalue weighted by molar-refractivity contribution is 0.101. The standard InChI is InChI=1S/C16H22N4O3S/c1-5-6-7-20-15(23)18-19-16(20)24-8-12(22)14-9(2)13(11(4)21)10(3)17-14/h17H,5-8H2,1-4H3,(H,18,23). The highest BCUT2D eigenvalue weighted by Gasteiger charge is 2.20. The van der Waals surface area contributed by atoms with Crippen molar-refractivity contribution < 1.29 is 9.59 Å². The summed E-state index contributed by atoms with van der Waals surface area (Å²) >= 11 is 1.22. The van der Waals surface area contributed by atoms with Gasteiger partial charge >= 0.3 is 5.69 Å². The largest absolute Gasteiger partial charge is 0.355 e. The number of carbonyl (C=O) groups excluding carboxylic acids is 2. The molecule has 0 aliphatic carbocycles. The number of ketones is 2. The molecule has 8 heteroatoms. The van der Waals surface area contributed by atoms with Crippen LogP contribution in [0.1, 0.15) is 58.8 Å². The van der Waals surface area contributed by atoms with Crippen molar-refractivity contribution in [1.29, 1.82) is 0 Å². The maximum atomic E-state index is 12.5. The van der Waals surface area contributed by atoms with E-state index < -0.39 is 0 Å². The van der Waals surface area contributed by atoms with Gasteiger partial charge in [-0.3, -0.25) is 14.2 Å². The monoisotopic (exact) mass is 350 g/mol. The Labute approximate surface area is 144 Å². The molecule has 2 rings (SSSR count). The number of hydrogen-bond donors (Lipinski definition) is 2. The second-order valence-corrected chi connectivity index (χ2v) is 6.65. The summed E-state index contributed by atoms with van der Waals surface area (Å²) in [6.45, 7) is 7.66. The number of H-pyrrole nitrogens is 2. The van der Waals surface area contributed by atoms with E-state index in [1.807, 2.05) is 6.92 Å². The first kappa shape index (κ1) is 18.3. The van der Waals surface area contributed by atoms with Crippen molar-refractivity contribution in [2.75, 3.05) is 5.75 Å². The number of Topliss-reactive ketones (excluding diaryl/α,β-unsaturated/α-hetero) is 2. The fourth-order valence-electron chi connectivity index (χ4n) is 2.69. The van der Waals surface area contributed by atoms with Gasteiger partial charge in [0.2, 0.25) is 0 Å². The summed E-state index contributed by atoms with van der Waals surface area (Å²) < 4.78 is 1.55. The Kier molecular flexibility index (Phi) is 5.82. The average molecular weight is 350 g/mol. The van der Waals surface area contributed by atoms with Crippen molar-refractivity contribution in [3.8, 4) is 0 Å². The van der Waals surface area contributed by atoms with Gasteiger partial charge < -0.3 is 4.98 Å². The van der Waals surface area contributed by atoms with Crippen LogP contribution in [0.3, 0.4) is 0 Å². The number of unbranched alkanes of at least 4 members (excludes halogenated alkanes) is 1. The molecule has 2 heterocycles. The zero-order valence-corrected chi connectivity index (χ0v) is 15.2. The second-order valence-electron chi connectivity index (χ2n) is 5.71. The number of nitrogens with zero attached hydrogens (tertiary/aromatic N) is 2. The summed E-state index contributed by atoms with van der Waals surface area (Å²) in [5.41, 5.74) is 2.14. The van der Waals surface area contributed by atoms with Crippen LogP contribution in [0.5, 0.6) is 0 Å². The molecule has 0 fully saturated rings. The Hall–Kier alpha value is -2.09. The maximum absolute atomic E-state index is 12.5. The summed E-state index contributed by atoms with van der Waals surface area (Å²) in [6, 6.07) is 0. The lowest BCUT2D eigenvalue weighted by Crippen LogP contribution is -2.18. The number of carbonyl (C=O) groups is 2. The normalized spacial score (nSPS) is 11.0. The highest BCUT2D eigenvalue weighted by atomic mass is 32.2. The van der Waals surface area contributed by atoms with Gasteiger partial charge in [0.15, 0.2) is 16.7 Å². The molecule has 0 unspecified atom stereocenters. The van der Waals surface area contributed by atoms with Crippen LogP contribution in [0.25, 0.3) is 0 Å². The Bertz CT molecular complexity index is 816. The van der Waals surface area contributed by atoms with Crippen LogP contribution in [0.15, 0.2) is 9.95 Å². The smallest absolute Gasteiger partial charge is 0.343 e. The van der Waals surface area contributed by atoms with Gasteiger partial charge in [-0.05, 0) is 32.8 Å². The number of nitrogens with one attached hydrogen (secondary N) is 2. The van der Waals surface area contributed by atoms with E-state index in [1.165, 1.54) is 18.7 Å². The fraction of sp³-hybridized carbons (Fsp3) is 0.500. The quantitative estimate of drug-likeness (QED) is 0.563. The van der Waals surface area contributed by atoms with E-state index in [0.717, 1.165) is 12.8 Å². The molecule has 0 amide bonds. The number of aryl methyl sites for hydroxylation is 1. The molecular weight excluding hydrogens is 328 g/mol. The summed E-state index contributed by atoms with van der Waals surface area (Å²) in [5.74, 6) is -0.0339. The SMILES string of the molecule is CCCCn1c(SCC(=O)c2[nH]c(C)c(C(C)=O)c2C)n[nH]c1=O. The molecule has 24 heavy (non-hydrogen) atoms. The van der Waals surface area contributed by atoms with Gasteiger partial charge in [-0.15, -0.1) is 5.10 Å². The van der Waals surface area contributed by atoms with Crippen molar-refractivity contribution in [1.82, 2.24) is 19.7 Å². The van der Waals surface area contributed by atoms with Crippen molar-refractivity contribution in [3.63, 3.8) is 0 Å². The molecular formula is C16H22N4O3S. The Balaban J connectivity index is 2.13. The predicted octanol–water partition coefficient (Wildman–Crippen LogP) is 2.49. The van der Waals surface area contributed by atoms with Gasteiger partial charge in [0.05, 0.1) is 11.4 Å². The highest BCUT2D eigenvalue weighted by molar-refractivity contribution is 7.99. The third-order valence-electron chi connectivity index (χ3n) is 3.86. The molecule has 2 aromatic heterocycles. The van der Waals surface area contributed by atoms with E-state index in [9.17, 15) is 14.4 Å². The Morgan fingerprint density at radius 3 is 2.58 bits per heavy atom. The topological polar surface area (TPSA) is 101 Å². The lowest BCUT2D eigenvalue weighted by Gasteiger charge is -2.04. The molecule has 0 aliphatic heterocycles. The summed E-state index contributed by atoms with van der Waals surface area (Å²) in [5, 5.41) is 6.91. The van der Waals surface area contributed by atoms with Gasteiger partial charge in [-0.2, -0.15) is 0 Å². The average Bonchev–Trinajstić information content (AvgIpc) is 3.02. The lowest BCUT2D eigenvalue weighted by atomic mass is 10.1. The van der Waals surface area contributed by atoms with Crippen molar-refractivity contribution in [3.05, 3.63) is 33.0 Å². The van der Waals surface area contributed by atoms with Gasteiger partial charge in [-0.25, -0.2) is 9.89 Å². The van der Waals surface area contributed by atoms with E-state index in [2.05, 4.69) is 15.2 Å². The zero-order chi connectivity index (χ0) is 17.9. The molecule has 0 saturated carbocycles. The number of aromatic amines is 2. The number of aromatic nitrogens is 4. The molecule has 2 N–H and O–H groups in total. The first-order valence-electron chi connectivity index (χ1n) is 7.88. The highest BCUT2D eigenvalue weighted by Crippen LogP contribution is 2.22. The zero-order valence-electron chi connectivity index (χ0n) is 14.4. The molecule has 0 saturated heterocycles. The first-order valence-corrected chi connectivity index (χ1v) is 8.86. The molecule has 130 valence electrons. The summed E-state index contributed by atoms with van der Waals surface area (Å²) in [4.78, 5) is 38.9. The van der Waals surface area contributed by atoms with Crippen molar-refractivity contribution >= 4 is 23.3 Å². The van der Waals surface area contributed by atoms with Crippen molar-refractivity contribution in [2.45, 2.75) is 52.2 Å². The summed E-state index contributed by atoms with van der Waals surface area (Å²) in [6.07, 6.45) is 1.84. The number of thioether (sulfide) groups is 1. The molecule has 0 aromatic carbocycles. The Morgan fingerprint density at radius 1 is 1.29 bits per heavy atom. The van der Waals surface area contributed by atoms with Gasteiger partial charge in [0.25, 0.3) is 0 Å². The third kappa shape index (κ3) is 3.69. The summed E-state index contributed by atoms with van der Waals surface area (Å²) in [7, 11) is 0. The minimum atomic E-state index is -0.260. The second kappa shape index (κ2) is 7.65. The number of rotatable bonds is 8. The molecule has 2 aromatic rings. The predicted molar refractivity (Wildman–Crippen MR) is 93.1 cm³/mol. The maximum Gasteiger partial charge on any atom is 0.343 e. The van der Waals surface area contributed by atoms with Crippen LogP contribution in [0, 0.1) is 13.8 Å². The van der Waals surface area contributed by atoms with E-state index in [4.69, 9.17) is 0 Å².